The Labute approximate surface area is 163 Å². The van der Waals surface area contributed by atoms with Crippen LogP contribution in [-0.4, -0.2) is 43.3 Å². The van der Waals surface area contributed by atoms with Gasteiger partial charge in [-0.2, -0.15) is 10.1 Å². The number of anilines is 1. The average molecular weight is 390 g/mol. The minimum Gasteiger partial charge on any atom is -0.319 e. The van der Waals surface area contributed by atoms with Crippen molar-refractivity contribution in [2.75, 3.05) is 18.4 Å². The molecule has 1 amide bonds. The van der Waals surface area contributed by atoms with Crippen LogP contribution in [0.15, 0.2) is 24.3 Å². The Morgan fingerprint density at radius 2 is 2.00 bits per heavy atom. The SMILES string of the molecule is Cc1nc2ccccc2n1CC(=O)Nc1nc(C2CCNCC2)nn1C.Cl. The number of rotatable bonds is 4. The van der Waals surface area contributed by atoms with Gasteiger partial charge in [-0.3, -0.25) is 10.1 Å². The highest BCUT2D eigenvalue weighted by molar-refractivity contribution is 5.90. The van der Waals surface area contributed by atoms with Crippen molar-refractivity contribution in [1.29, 1.82) is 0 Å². The number of benzene rings is 1. The Hall–Kier alpha value is -2.45. The molecule has 9 heteroatoms. The van der Waals surface area contributed by atoms with Crippen molar-refractivity contribution < 1.29 is 4.79 Å². The molecule has 0 spiro atoms. The number of fused-ring (bicyclic) bond motifs is 1. The molecule has 1 aliphatic rings. The fourth-order valence-electron chi connectivity index (χ4n) is 3.47. The second kappa shape index (κ2) is 8.06. The number of hydrogen-bond acceptors (Lipinski definition) is 5. The van der Waals surface area contributed by atoms with E-state index in [1.54, 1.807) is 4.68 Å². The van der Waals surface area contributed by atoms with E-state index in [0.717, 1.165) is 48.6 Å². The molecular weight excluding hydrogens is 366 g/mol. The van der Waals surface area contributed by atoms with E-state index in [1.165, 1.54) is 0 Å². The van der Waals surface area contributed by atoms with Gasteiger partial charge in [-0.05, 0) is 45.0 Å². The molecule has 0 unspecified atom stereocenters. The summed E-state index contributed by atoms with van der Waals surface area (Å²) in [5.41, 5.74) is 1.85. The number of carbonyl (C=O) groups excluding carboxylic acids is 1. The van der Waals surface area contributed by atoms with Gasteiger partial charge < -0.3 is 9.88 Å². The van der Waals surface area contributed by atoms with Gasteiger partial charge in [0.05, 0.1) is 11.0 Å². The molecule has 0 aliphatic carbocycles. The summed E-state index contributed by atoms with van der Waals surface area (Å²) in [6.45, 7) is 4.07. The lowest BCUT2D eigenvalue weighted by atomic mass is 9.98. The Bertz CT molecular complexity index is 942. The fourth-order valence-corrected chi connectivity index (χ4v) is 3.47. The lowest BCUT2D eigenvalue weighted by Crippen LogP contribution is -2.27. The second-order valence-corrected chi connectivity index (χ2v) is 6.72. The lowest BCUT2D eigenvalue weighted by Gasteiger charge is -2.19. The van der Waals surface area contributed by atoms with Crippen LogP contribution in [0.25, 0.3) is 11.0 Å². The molecule has 4 rings (SSSR count). The molecule has 0 radical (unpaired) electrons. The summed E-state index contributed by atoms with van der Waals surface area (Å²) in [7, 11) is 1.81. The van der Waals surface area contributed by atoms with Crippen LogP contribution in [0, 0.1) is 6.92 Å². The first-order valence-electron chi connectivity index (χ1n) is 8.95. The van der Waals surface area contributed by atoms with Crippen LogP contribution in [0.1, 0.15) is 30.4 Å². The zero-order valence-electron chi connectivity index (χ0n) is 15.5. The van der Waals surface area contributed by atoms with E-state index in [1.807, 2.05) is 42.8 Å². The third kappa shape index (κ3) is 3.96. The molecule has 0 saturated carbocycles. The highest BCUT2D eigenvalue weighted by atomic mass is 35.5. The molecule has 1 saturated heterocycles. The van der Waals surface area contributed by atoms with Crippen LogP contribution >= 0.6 is 12.4 Å². The van der Waals surface area contributed by atoms with E-state index in [4.69, 9.17) is 0 Å². The monoisotopic (exact) mass is 389 g/mol. The molecule has 1 aliphatic heterocycles. The van der Waals surface area contributed by atoms with Gasteiger partial charge in [-0.25, -0.2) is 9.67 Å². The maximum atomic E-state index is 12.6. The van der Waals surface area contributed by atoms with Crippen LogP contribution in [0.2, 0.25) is 0 Å². The smallest absolute Gasteiger partial charge is 0.246 e. The number of hydrogen-bond donors (Lipinski definition) is 2. The molecule has 1 fully saturated rings. The maximum absolute atomic E-state index is 12.6. The summed E-state index contributed by atoms with van der Waals surface area (Å²) in [5.74, 6) is 2.34. The normalized spacial score (nSPS) is 14.9. The van der Waals surface area contributed by atoms with Crippen molar-refractivity contribution in [1.82, 2.24) is 29.6 Å². The van der Waals surface area contributed by atoms with Crippen molar-refractivity contribution in [2.45, 2.75) is 32.2 Å². The van der Waals surface area contributed by atoms with E-state index in [2.05, 4.69) is 25.7 Å². The minimum absolute atomic E-state index is 0. The highest BCUT2D eigenvalue weighted by Gasteiger charge is 2.21. The van der Waals surface area contributed by atoms with Crippen molar-refractivity contribution >= 4 is 35.3 Å². The van der Waals surface area contributed by atoms with Gasteiger partial charge in [0.1, 0.15) is 12.4 Å². The minimum atomic E-state index is -0.136. The summed E-state index contributed by atoms with van der Waals surface area (Å²) >= 11 is 0. The summed E-state index contributed by atoms with van der Waals surface area (Å²) < 4.78 is 3.56. The van der Waals surface area contributed by atoms with Gasteiger partial charge in [0.25, 0.3) is 0 Å². The molecule has 3 aromatic rings. The molecule has 2 aromatic heterocycles. The highest BCUT2D eigenvalue weighted by Crippen LogP contribution is 2.23. The zero-order chi connectivity index (χ0) is 18.1. The first-order valence-corrected chi connectivity index (χ1v) is 8.95. The van der Waals surface area contributed by atoms with Crippen molar-refractivity contribution in [3.8, 4) is 0 Å². The van der Waals surface area contributed by atoms with Crippen LogP contribution in [0.5, 0.6) is 0 Å². The number of imidazole rings is 1. The summed E-state index contributed by atoms with van der Waals surface area (Å²) in [6, 6.07) is 7.82. The summed E-state index contributed by atoms with van der Waals surface area (Å²) in [5, 5.41) is 10.7. The molecule has 27 heavy (non-hydrogen) atoms. The van der Waals surface area contributed by atoms with Gasteiger partial charge >= 0.3 is 0 Å². The van der Waals surface area contributed by atoms with Crippen molar-refractivity contribution in [3.63, 3.8) is 0 Å². The van der Waals surface area contributed by atoms with Crippen LogP contribution < -0.4 is 10.6 Å². The number of carbonyl (C=O) groups is 1. The summed E-state index contributed by atoms with van der Waals surface area (Å²) in [6.07, 6.45) is 2.05. The number of piperidine rings is 1. The van der Waals surface area contributed by atoms with Crippen LogP contribution in [0.3, 0.4) is 0 Å². The number of aromatic nitrogens is 5. The fraction of sp³-hybridized carbons (Fsp3) is 0.444. The number of aryl methyl sites for hydroxylation is 2. The molecular formula is C18H24ClN7O. The topological polar surface area (TPSA) is 89.7 Å². The average Bonchev–Trinajstić information content (AvgIpc) is 3.16. The molecule has 3 heterocycles. The largest absolute Gasteiger partial charge is 0.319 e. The zero-order valence-corrected chi connectivity index (χ0v) is 16.3. The standard InChI is InChI=1S/C18H23N7O.ClH/c1-12-20-14-5-3-4-6-15(14)25(12)11-16(26)21-18-22-17(23-24(18)2)13-7-9-19-10-8-13;/h3-6,13,19H,7-11H2,1-2H3,(H,21,22,23,26);1H. The first kappa shape index (κ1) is 19.3. The predicted molar refractivity (Wildman–Crippen MR) is 106 cm³/mol. The second-order valence-electron chi connectivity index (χ2n) is 6.72. The van der Waals surface area contributed by atoms with Gasteiger partial charge in [0, 0.05) is 13.0 Å². The van der Waals surface area contributed by atoms with Crippen LogP contribution in [0.4, 0.5) is 5.95 Å². The number of nitrogens with one attached hydrogen (secondary N) is 2. The number of para-hydroxylation sites is 2. The third-order valence-electron chi connectivity index (χ3n) is 4.88. The van der Waals surface area contributed by atoms with Crippen LogP contribution in [-0.2, 0) is 18.4 Å². The number of amides is 1. The molecule has 0 atom stereocenters. The van der Waals surface area contributed by atoms with E-state index in [9.17, 15) is 4.79 Å². The Morgan fingerprint density at radius 1 is 1.26 bits per heavy atom. The van der Waals surface area contributed by atoms with Crippen molar-refractivity contribution in [2.24, 2.45) is 7.05 Å². The molecule has 2 N–H and O–H groups in total. The van der Waals surface area contributed by atoms with E-state index in [-0.39, 0.29) is 24.9 Å². The Morgan fingerprint density at radius 3 is 2.78 bits per heavy atom. The van der Waals surface area contributed by atoms with E-state index >= 15 is 0 Å². The molecule has 0 bridgehead atoms. The van der Waals surface area contributed by atoms with E-state index in [0.29, 0.717) is 11.9 Å². The Kier molecular flexibility index (Phi) is 5.76. The van der Waals surface area contributed by atoms with Gasteiger partial charge in [0.2, 0.25) is 11.9 Å². The quantitative estimate of drug-likeness (QED) is 0.712. The Balaban J connectivity index is 0.00000210. The van der Waals surface area contributed by atoms with Gasteiger partial charge in [0.15, 0.2) is 5.82 Å². The molecule has 1 aromatic carbocycles. The predicted octanol–water partition coefficient (Wildman–Crippen LogP) is 2.00. The van der Waals surface area contributed by atoms with Crippen molar-refractivity contribution in [3.05, 3.63) is 35.9 Å². The summed E-state index contributed by atoms with van der Waals surface area (Å²) in [4.78, 5) is 21.6. The van der Waals surface area contributed by atoms with E-state index < -0.39 is 0 Å². The maximum Gasteiger partial charge on any atom is 0.246 e. The van der Waals surface area contributed by atoms with Gasteiger partial charge in [-0.15, -0.1) is 12.4 Å². The lowest BCUT2D eigenvalue weighted by molar-refractivity contribution is -0.116. The third-order valence-corrected chi connectivity index (χ3v) is 4.88. The van der Waals surface area contributed by atoms with Gasteiger partial charge in [-0.1, -0.05) is 12.1 Å². The number of halogens is 1. The molecule has 8 nitrogen and oxygen atoms in total. The molecule has 144 valence electrons. The number of nitrogens with zero attached hydrogens (tertiary/aromatic N) is 5. The first-order chi connectivity index (χ1) is 12.6.